The van der Waals surface area contributed by atoms with Gasteiger partial charge in [-0.1, -0.05) is 0 Å². The highest BCUT2D eigenvalue weighted by atomic mass is 16.5. The van der Waals surface area contributed by atoms with Gasteiger partial charge in [-0.3, -0.25) is 19.7 Å². The summed E-state index contributed by atoms with van der Waals surface area (Å²) in [6, 6.07) is 4.04. The second kappa shape index (κ2) is 7.83. The first kappa shape index (κ1) is 20.5. The van der Waals surface area contributed by atoms with E-state index in [1.165, 1.54) is 28.3 Å². The maximum Gasteiger partial charge on any atom is 0.324 e. The van der Waals surface area contributed by atoms with Crippen LogP contribution in [-0.2, 0) is 23.9 Å². The molecule has 9 nitrogen and oxygen atoms in total. The highest BCUT2D eigenvalue weighted by Crippen LogP contribution is 2.47. The van der Waals surface area contributed by atoms with Gasteiger partial charge in [-0.15, -0.1) is 0 Å². The van der Waals surface area contributed by atoms with Crippen molar-refractivity contribution in [3.63, 3.8) is 0 Å². The highest BCUT2D eigenvalue weighted by molar-refractivity contribution is 5.93. The lowest BCUT2D eigenvalue weighted by Gasteiger charge is -2.26. The van der Waals surface area contributed by atoms with Crippen molar-refractivity contribution < 1.29 is 38.4 Å². The summed E-state index contributed by atoms with van der Waals surface area (Å²) in [5.41, 5.74) is -1.30. The van der Waals surface area contributed by atoms with Crippen molar-refractivity contribution in [2.45, 2.75) is 18.5 Å². The van der Waals surface area contributed by atoms with Gasteiger partial charge in [0, 0.05) is 5.56 Å². The minimum absolute atomic E-state index is 0.403. The second-order valence-electron chi connectivity index (χ2n) is 6.29. The molecule has 1 saturated heterocycles. The fraction of sp³-hybridized carbons (Fsp3) is 0.500. The molecule has 0 spiro atoms. The number of carbonyl (C=O) groups excluding carboxylic acids is 2. The number of rotatable bonds is 6. The smallest absolute Gasteiger partial charge is 0.324 e. The van der Waals surface area contributed by atoms with Crippen LogP contribution in [0.5, 0.6) is 11.5 Å². The summed E-state index contributed by atoms with van der Waals surface area (Å²) in [6.07, 6.45) is 0. The van der Waals surface area contributed by atoms with Crippen molar-refractivity contribution in [2.75, 3.05) is 28.4 Å². The maximum absolute atomic E-state index is 12.6. The van der Waals surface area contributed by atoms with Crippen LogP contribution in [0.15, 0.2) is 18.2 Å². The van der Waals surface area contributed by atoms with E-state index in [0.717, 1.165) is 7.11 Å². The van der Waals surface area contributed by atoms with Gasteiger partial charge in [-0.05, 0) is 25.1 Å². The predicted molar refractivity (Wildman–Crippen MR) is 92.5 cm³/mol. The minimum atomic E-state index is -1.76. The molecule has 0 bridgehead atoms. The Balaban J connectivity index is 2.69. The molecule has 0 unspecified atom stereocenters. The molecule has 148 valence electrons. The Morgan fingerprint density at radius 1 is 1.04 bits per heavy atom. The molecule has 27 heavy (non-hydrogen) atoms. The van der Waals surface area contributed by atoms with E-state index >= 15 is 0 Å². The van der Waals surface area contributed by atoms with Crippen LogP contribution in [0.3, 0.4) is 0 Å². The van der Waals surface area contributed by atoms with E-state index in [1.54, 1.807) is 18.2 Å². The third-order valence-electron chi connectivity index (χ3n) is 4.94. The Kier molecular flexibility index (Phi) is 5.94. The number of esters is 2. The van der Waals surface area contributed by atoms with Gasteiger partial charge in [0.2, 0.25) is 0 Å². The quantitative estimate of drug-likeness (QED) is 0.688. The van der Waals surface area contributed by atoms with Crippen LogP contribution in [0, 0.1) is 11.8 Å². The monoisotopic (exact) mass is 381 g/mol. The molecule has 0 amide bonds. The number of nitrogens with one attached hydrogen (secondary N) is 1. The molecule has 1 fully saturated rings. The van der Waals surface area contributed by atoms with E-state index in [2.05, 4.69) is 5.32 Å². The Morgan fingerprint density at radius 2 is 1.67 bits per heavy atom. The number of carboxylic acid groups (broad SMARTS) is 1. The topological polar surface area (TPSA) is 120 Å². The number of ether oxygens (including phenoxy) is 4. The van der Waals surface area contributed by atoms with Gasteiger partial charge < -0.3 is 24.1 Å². The number of hydrogen-bond donors (Lipinski definition) is 2. The zero-order valence-corrected chi connectivity index (χ0v) is 15.8. The van der Waals surface area contributed by atoms with Gasteiger partial charge in [-0.2, -0.15) is 0 Å². The van der Waals surface area contributed by atoms with Crippen LogP contribution >= 0.6 is 0 Å². The Morgan fingerprint density at radius 3 is 2.15 bits per heavy atom. The number of methoxy groups -OCH3 is 4. The molecule has 1 aliphatic rings. The highest BCUT2D eigenvalue weighted by Gasteiger charge is 2.62. The fourth-order valence-corrected chi connectivity index (χ4v) is 3.52. The molecular formula is C18H23NO8. The van der Waals surface area contributed by atoms with Crippen molar-refractivity contribution in [1.29, 1.82) is 0 Å². The average Bonchev–Trinajstić information content (AvgIpc) is 3.00. The molecule has 0 aromatic heterocycles. The van der Waals surface area contributed by atoms with Gasteiger partial charge in [0.15, 0.2) is 0 Å². The third-order valence-corrected chi connectivity index (χ3v) is 4.94. The summed E-state index contributed by atoms with van der Waals surface area (Å²) < 4.78 is 20.2. The van der Waals surface area contributed by atoms with E-state index in [0.29, 0.717) is 17.1 Å². The molecule has 1 aromatic rings. The number of carbonyl (C=O) groups is 3. The number of aliphatic carboxylic acids is 1. The lowest BCUT2D eigenvalue weighted by molar-refractivity contribution is -0.162. The Labute approximate surface area is 156 Å². The summed E-state index contributed by atoms with van der Waals surface area (Å²) in [7, 11) is 5.23. The molecule has 0 aliphatic carbocycles. The summed E-state index contributed by atoms with van der Waals surface area (Å²) in [6.45, 7) is 1.33. The largest absolute Gasteiger partial charge is 0.497 e. The van der Waals surface area contributed by atoms with Gasteiger partial charge in [0.05, 0.1) is 40.4 Å². The molecule has 1 aliphatic heterocycles. The Bertz CT molecular complexity index is 749. The zero-order chi connectivity index (χ0) is 20.4. The molecule has 2 N–H and O–H groups in total. The van der Waals surface area contributed by atoms with Crippen molar-refractivity contribution in [3.05, 3.63) is 23.8 Å². The lowest BCUT2D eigenvalue weighted by atomic mass is 9.78. The average molecular weight is 381 g/mol. The number of hydrogen-bond acceptors (Lipinski definition) is 8. The van der Waals surface area contributed by atoms with Crippen molar-refractivity contribution in [2.24, 2.45) is 11.8 Å². The van der Waals surface area contributed by atoms with Crippen LogP contribution in [0.1, 0.15) is 18.5 Å². The van der Waals surface area contributed by atoms with Crippen LogP contribution in [0.4, 0.5) is 0 Å². The predicted octanol–water partition coefficient (Wildman–Crippen LogP) is 0.770. The molecule has 1 heterocycles. The third kappa shape index (κ3) is 3.42. The molecule has 0 saturated carbocycles. The van der Waals surface area contributed by atoms with Crippen molar-refractivity contribution in [1.82, 2.24) is 5.32 Å². The zero-order valence-electron chi connectivity index (χ0n) is 15.8. The van der Waals surface area contributed by atoms with Gasteiger partial charge in [-0.25, -0.2) is 0 Å². The first-order valence-electron chi connectivity index (χ1n) is 8.13. The fourth-order valence-electron chi connectivity index (χ4n) is 3.52. The summed E-state index contributed by atoms with van der Waals surface area (Å²) in [5.74, 6) is -4.44. The standard InChI is InChI=1S/C18H23NO8/c1-18(17(22)23)13(16(21)27-5)12(15(20)26-4)14(19-18)10-8-9(24-2)6-7-11(10)25-3/h6-8,12-14,19H,1-5H3,(H,22,23)/t12-,13+,14+,18+/m0/s1. The number of carboxylic acids is 1. The number of benzene rings is 1. The van der Waals surface area contributed by atoms with E-state index in [-0.39, 0.29) is 0 Å². The normalized spacial score (nSPS) is 26.9. The van der Waals surface area contributed by atoms with Crippen LogP contribution < -0.4 is 14.8 Å². The van der Waals surface area contributed by atoms with Gasteiger partial charge in [0.1, 0.15) is 23.0 Å². The van der Waals surface area contributed by atoms with Crippen LogP contribution in [-0.4, -0.2) is 57.0 Å². The van der Waals surface area contributed by atoms with E-state index in [9.17, 15) is 19.5 Å². The molecule has 0 radical (unpaired) electrons. The van der Waals surface area contributed by atoms with Crippen molar-refractivity contribution >= 4 is 17.9 Å². The van der Waals surface area contributed by atoms with E-state index < -0.39 is 41.3 Å². The Hall–Kier alpha value is -2.81. The van der Waals surface area contributed by atoms with E-state index in [4.69, 9.17) is 18.9 Å². The van der Waals surface area contributed by atoms with Gasteiger partial charge >= 0.3 is 17.9 Å². The first-order valence-corrected chi connectivity index (χ1v) is 8.13. The van der Waals surface area contributed by atoms with Crippen molar-refractivity contribution in [3.8, 4) is 11.5 Å². The second-order valence-corrected chi connectivity index (χ2v) is 6.29. The summed E-state index contributed by atoms with van der Waals surface area (Å²) >= 11 is 0. The molecule has 2 rings (SSSR count). The molecular weight excluding hydrogens is 358 g/mol. The first-order chi connectivity index (χ1) is 12.7. The summed E-state index contributed by atoms with van der Waals surface area (Å²) in [5, 5.41) is 12.7. The van der Waals surface area contributed by atoms with Gasteiger partial charge in [0.25, 0.3) is 0 Å². The maximum atomic E-state index is 12.6. The lowest BCUT2D eigenvalue weighted by Crippen LogP contribution is -2.53. The minimum Gasteiger partial charge on any atom is -0.497 e. The summed E-state index contributed by atoms with van der Waals surface area (Å²) in [4.78, 5) is 37.0. The molecule has 9 heteroatoms. The SMILES string of the molecule is COC(=O)[C@@H]1[C@@H](c2cc(OC)ccc2OC)N[C@@](C)(C(=O)O)[C@H]1C(=O)OC. The van der Waals surface area contributed by atoms with E-state index in [1.807, 2.05) is 0 Å². The van der Waals surface area contributed by atoms with Crippen LogP contribution in [0.25, 0.3) is 0 Å². The molecule has 1 aromatic carbocycles. The van der Waals surface area contributed by atoms with Crippen LogP contribution in [0.2, 0.25) is 0 Å². The molecule has 4 atom stereocenters.